The molecular weight excluding hydrogens is 280 g/mol. The third kappa shape index (κ3) is 3.70. The van der Waals surface area contributed by atoms with Crippen LogP contribution >= 0.6 is 11.3 Å². The number of carbonyl (C=O) groups excluding carboxylic acids is 1. The van der Waals surface area contributed by atoms with Crippen LogP contribution in [0, 0.1) is 12.8 Å². The number of carbonyl (C=O) groups is 1. The largest absolute Gasteiger partial charge is 0.355 e. The van der Waals surface area contributed by atoms with E-state index in [-0.39, 0.29) is 11.8 Å². The lowest BCUT2D eigenvalue weighted by molar-refractivity contribution is -0.123. The Hall–Kier alpha value is -1.68. The van der Waals surface area contributed by atoms with Gasteiger partial charge in [-0.15, -0.1) is 11.3 Å². The maximum Gasteiger partial charge on any atom is 0.227 e. The van der Waals surface area contributed by atoms with E-state index in [1.165, 1.54) is 0 Å². The topological polar surface area (TPSA) is 42.0 Å². The summed E-state index contributed by atoms with van der Waals surface area (Å²) >= 11 is 1.66. The summed E-state index contributed by atoms with van der Waals surface area (Å²) in [6.45, 7) is 2.67. The highest BCUT2D eigenvalue weighted by Crippen LogP contribution is 2.42. The molecule has 2 aromatic rings. The molecule has 1 aromatic heterocycles. The summed E-state index contributed by atoms with van der Waals surface area (Å²) in [5.74, 6) is 0.702. The summed E-state index contributed by atoms with van der Waals surface area (Å²) in [5, 5.41) is 6.23. The van der Waals surface area contributed by atoms with Crippen LogP contribution in [0.1, 0.15) is 35.0 Å². The van der Waals surface area contributed by atoms with Crippen molar-refractivity contribution in [2.24, 2.45) is 5.92 Å². The number of amides is 1. The Morgan fingerprint density at radius 2 is 2.14 bits per heavy atom. The number of nitrogens with zero attached hydrogens (tertiary/aromatic N) is 1. The zero-order chi connectivity index (χ0) is 14.7. The third-order valence-electron chi connectivity index (χ3n) is 3.88. The number of aryl methyl sites for hydroxylation is 1. The van der Waals surface area contributed by atoms with E-state index in [2.05, 4.69) is 27.8 Å². The quantitative estimate of drug-likeness (QED) is 0.889. The fourth-order valence-electron chi connectivity index (χ4n) is 2.67. The Balaban J connectivity index is 1.57. The van der Waals surface area contributed by atoms with E-state index in [0.717, 1.165) is 35.5 Å². The van der Waals surface area contributed by atoms with Gasteiger partial charge in [0.25, 0.3) is 0 Å². The average Bonchev–Trinajstić information content (AvgIpc) is 3.23. The molecule has 1 aliphatic carbocycles. The molecular formula is C17H20N2OS. The zero-order valence-corrected chi connectivity index (χ0v) is 13.0. The monoisotopic (exact) mass is 300 g/mol. The van der Waals surface area contributed by atoms with Crippen molar-refractivity contribution >= 4 is 17.2 Å². The molecule has 0 radical (unpaired) electrons. The van der Waals surface area contributed by atoms with Crippen LogP contribution in [0.25, 0.3) is 0 Å². The zero-order valence-electron chi connectivity index (χ0n) is 12.2. The van der Waals surface area contributed by atoms with Gasteiger partial charge in [-0.2, -0.15) is 0 Å². The first-order chi connectivity index (χ1) is 10.2. The molecule has 1 aliphatic rings. The van der Waals surface area contributed by atoms with Gasteiger partial charge in [0.05, 0.1) is 16.6 Å². The van der Waals surface area contributed by atoms with Gasteiger partial charge in [-0.1, -0.05) is 30.3 Å². The summed E-state index contributed by atoms with van der Waals surface area (Å²) < 4.78 is 0. The van der Waals surface area contributed by atoms with Gasteiger partial charge in [0, 0.05) is 18.3 Å². The fourth-order valence-corrected chi connectivity index (χ4v) is 3.32. The van der Waals surface area contributed by atoms with Gasteiger partial charge in [-0.25, -0.2) is 4.98 Å². The molecule has 0 saturated heterocycles. The Bertz CT molecular complexity index is 604. The van der Waals surface area contributed by atoms with Crippen molar-refractivity contribution in [3.05, 3.63) is 52.0 Å². The van der Waals surface area contributed by atoms with Gasteiger partial charge >= 0.3 is 0 Å². The van der Waals surface area contributed by atoms with Gasteiger partial charge in [0.2, 0.25) is 5.91 Å². The standard InChI is InChI=1S/C17H20N2OS/c1-12-19-15(11-21-12)9-10-18-17(20)16(14-7-8-14)13-5-3-2-4-6-13/h2-6,11,14,16H,7-10H2,1H3,(H,18,20). The van der Waals surface area contributed by atoms with E-state index >= 15 is 0 Å². The van der Waals surface area contributed by atoms with E-state index in [1.807, 2.05) is 25.1 Å². The number of nitrogens with one attached hydrogen (secondary N) is 1. The van der Waals surface area contributed by atoms with Crippen molar-refractivity contribution in [2.75, 3.05) is 6.54 Å². The van der Waals surface area contributed by atoms with E-state index in [9.17, 15) is 4.79 Å². The van der Waals surface area contributed by atoms with Crippen LogP contribution < -0.4 is 5.32 Å². The maximum atomic E-state index is 12.5. The second-order valence-electron chi connectivity index (χ2n) is 5.62. The van der Waals surface area contributed by atoms with Gasteiger partial charge < -0.3 is 5.32 Å². The van der Waals surface area contributed by atoms with Gasteiger partial charge in [0.15, 0.2) is 0 Å². The molecule has 1 fully saturated rings. The molecule has 1 atom stereocenters. The minimum atomic E-state index is 0.0170. The van der Waals surface area contributed by atoms with Crippen molar-refractivity contribution in [3.63, 3.8) is 0 Å². The lowest BCUT2D eigenvalue weighted by Crippen LogP contribution is -2.32. The molecule has 0 aliphatic heterocycles. The number of benzene rings is 1. The fraction of sp³-hybridized carbons (Fsp3) is 0.412. The first-order valence-electron chi connectivity index (χ1n) is 7.47. The van der Waals surface area contributed by atoms with Gasteiger partial charge in [-0.3, -0.25) is 4.79 Å². The SMILES string of the molecule is Cc1nc(CCNC(=O)C(c2ccccc2)C2CC2)cs1. The first kappa shape index (κ1) is 14.3. The normalized spacial score (nSPS) is 15.7. The number of hydrogen-bond acceptors (Lipinski definition) is 3. The van der Waals surface area contributed by atoms with Crippen molar-refractivity contribution in [3.8, 4) is 0 Å². The lowest BCUT2D eigenvalue weighted by Gasteiger charge is -2.16. The molecule has 1 aromatic carbocycles. The number of aromatic nitrogens is 1. The van der Waals surface area contributed by atoms with E-state index < -0.39 is 0 Å². The van der Waals surface area contributed by atoms with Crippen molar-refractivity contribution in [1.82, 2.24) is 10.3 Å². The molecule has 1 amide bonds. The highest BCUT2D eigenvalue weighted by molar-refractivity contribution is 7.09. The molecule has 21 heavy (non-hydrogen) atoms. The van der Waals surface area contributed by atoms with E-state index in [0.29, 0.717) is 12.5 Å². The Kier molecular flexibility index (Phi) is 4.34. The van der Waals surface area contributed by atoms with Crippen LogP contribution in [0.5, 0.6) is 0 Å². The molecule has 3 rings (SSSR count). The summed E-state index contributed by atoms with van der Waals surface area (Å²) in [6.07, 6.45) is 3.14. The molecule has 3 nitrogen and oxygen atoms in total. The van der Waals surface area contributed by atoms with Crippen LogP contribution in [0.3, 0.4) is 0 Å². The van der Waals surface area contributed by atoms with E-state index in [4.69, 9.17) is 0 Å². The summed E-state index contributed by atoms with van der Waals surface area (Å²) in [7, 11) is 0. The minimum Gasteiger partial charge on any atom is -0.355 e. The maximum absolute atomic E-state index is 12.5. The first-order valence-corrected chi connectivity index (χ1v) is 8.35. The third-order valence-corrected chi connectivity index (χ3v) is 4.70. The Labute approximate surface area is 129 Å². The molecule has 1 N–H and O–H groups in total. The van der Waals surface area contributed by atoms with Crippen LogP contribution in [-0.2, 0) is 11.2 Å². The molecule has 1 saturated carbocycles. The van der Waals surface area contributed by atoms with Crippen LogP contribution in [0.15, 0.2) is 35.7 Å². The van der Waals surface area contributed by atoms with Crippen LogP contribution in [0.2, 0.25) is 0 Å². The predicted octanol–water partition coefficient (Wildman–Crippen LogP) is 3.30. The second kappa shape index (κ2) is 6.39. The van der Waals surface area contributed by atoms with Gasteiger partial charge in [-0.05, 0) is 31.2 Å². The summed E-state index contributed by atoms with van der Waals surface area (Å²) in [6, 6.07) is 10.1. The van der Waals surface area contributed by atoms with Crippen LogP contribution in [0.4, 0.5) is 0 Å². The molecule has 110 valence electrons. The second-order valence-corrected chi connectivity index (χ2v) is 6.69. The molecule has 0 bridgehead atoms. The van der Waals surface area contributed by atoms with Crippen LogP contribution in [-0.4, -0.2) is 17.4 Å². The number of thiazole rings is 1. The average molecular weight is 300 g/mol. The summed E-state index contributed by atoms with van der Waals surface area (Å²) in [5.41, 5.74) is 2.21. The Morgan fingerprint density at radius 1 is 1.38 bits per heavy atom. The van der Waals surface area contributed by atoms with Crippen molar-refractivity contribution < 1.29 is 4.79 Å². The highest BCUT2D eigenvalue weighted by atomic mass is 32.1. The highest BCUT2D eigenvalue weighted by Gasteiger charge is 2.36. The molecule has 1 unspecified atom stereocenters. The molecule has 1 heterocycles. The number of hydrogen-bond donors (Lipinski definition) is 1. The molecule has 0 spiro atoms. The smallest absolute Gasteiger partial charge is 0.227 e. The number of rotatable bonds is 6. The lowest BCUT2D eigenvalue weighted by atomic mass is 9.93. The van der Waals surface area contributed by atoms with E-state index in [1.54, 1.807) is 11.3 Å². The molecule has 4 heteroatoms. The van der Waals surface area contributed by atoms with Crippen molar-refractivity contribution in [1.29, 1.82) is 0 Å². The predicted molar refractivity (Wildman–Crippen MR) is 85.5 cm³/mol. The van der Waals surface area contributed by atoms with Crippen molar-refractivity contribution in [2.45, 2.75) is 32.1 Å². The summed E-state index contributed by atoms with van der Waals surface area (Å²) in [4.78, 5) is 16.9. The Morgan fingerprint density at radius 3 is 2.76 bits per heavy atom. The van der Waals surface area contributed by atoms with Gasteiger partial charge in [0.1, 0.15) is 0 Å². The minimum absolute atomic E-state index is 0.0170.